The summed E-state index contributed by atoms with van der Waals surface area (Å²) in [7, 11) is -2.37. The largest absolute Gasteiger partial charge is 0.372 e. The van der Waals surface area contributed by atoms with Gasteiger partial charge in [-0.3, -0.25) is 0 Å². The molecule has 0 bridgehead atoms. The normalized spacial score (nSPS) is 14.3. The Morgan fingerprint density at radius 1 is 1.16 bits per heavy atom. The second-order valence-corrected chi connectivity index (χ2v) is 8.05. The highest BCUT2D eigenvalue weighted by atomic mass is 35.5. The lowest BCUT2D eigenvalue weighted by Crippen LogP contribution is -2.40. The Kier molecular flexibility index (Phi) is 6.16. The number of sulfonamides is 1. The molecule has 136 valence electrons. The van der Waals surface area contributed by atoms with Gasteiger partial charge in [0.25, 0.3) is 0 Å². The summed E-state index contributed by atoms with van der Waals surface area (Å²) in [6, 6.07) is 9.53. The first kappa shape index (κ1) is 19.8. The number of rotatable bonds is 7. The van der Waals surface area contributed by atoms with E-state index >= 15 is 0 Å². The zero-order valence-corrected chi connectivity index (χ0v) is 15.3. The van der Waals surface area contributed by atoms with Gasteiger partial charge in [0.05, 0.1) is 5.75 Å². The van der Waals surface area contributed by atoms with Crippen molar-refractivity contribution in [1.29, 1.82) is 0 Å². The summed E-state index contributed by atoms with van der Waals surface area (Å²) in [6.45, 7) is 1.65. The van der Waals surface area contributed by atoms with Crippen LogP contribution in [0.3, 0.4) is 0 Å². The molecule has 2 aromatic rings. The van der Waals surface area contributed by atoms with E-state index in [-0.39, 0.29) is 12.1 Å². The van der Waals surface area contributed by atoms with Crippen LogP contribution in [0.4, 0.5) is 8.78 Å². The van der Waals surface area contributed by atoms with Crippen molar-refractivity contribution >= 4 is 21.6 Å². The summed E-state index contributed by atoms with van der Waals surface area (Å²) < 4.78 is 58.8. The van der Waals surface area contributed by atoms with Crippen molar-refractivity contribution in [2.75, 3.05) is 13.7 Å². The first-order chi connectivity index (χ1) is 11.6. The summed E-state index contributed by atoms with van der Waals surface area (Å²) in [6.07, 6.45) is 0. The zero-order chi connectivity index (χ0) is 18.7. The standard InChI is InChI=1S/C17H18ClF2NO3S/c1-17(24-2,13-4-3-5-14(18)8-13)11-21-25(22,23)10-12-6-15(19)9-16(20)7-12/h3-9,21H,10-11H2,1-2H3. The third-order valence-electron chi connectivity index (χ3n) is 3.79. The molecule has 0 aromatic heterocycles. The van der Waals surface area contributed by atoms with Gasteiger partial charge in [-0.2, -0.15) is 0 Å². The van der Waals surface area contributed by atoms with Crippen LogP contribution in [0.5, 0.6) is 0 Å². The first-order valence-electron chi connectivity index (χ1n) is 7.37. The van der Waals surface area contributed by atoms with E-state index in [9.17, 15) is 17.2 Å². The van der Waals surface area contributed by atoms with Gasteiger partial charge in [-0.15, -0.1) is 0 Å². The lowest BCUT2D eigenvalue weighted by atomic mass is 9.96. The van der Waals surface area contributed by atoms with Crippen molar-refractivity contribution in [1.82, 2.24) is 4.72 Å². The second-order valence-electron chi connectivity index (χ2n) is 5.80. The quantitative estimate of drug-likeness (QED) is 0.787. The lowest BCUT2D eigenvalue weighted by molar-refractivity contribution is 0.00698. The maximum absolute atomic E-state index is 13.2. The molecule has 2 aromatic carbocycles. The summed E-state index contributed by atoms with van der Waals surface area (Å²) in [5.41, 5.74) is -0.237. The van der Waals surface area contributed by atoms with Crippen molar-refractivity contribution in [3.63, 3.8) is 0 Å². The molecule has 1 N–H and O–H groups in total. The third-order valence-corrected chi connectivity index (χ3v) is 5.33. The Bertz CT molecular complexity index is 840. The van der Waals surface area contributed by atoms with Gasteiger partial charge >= 0.3 is 0 Å². The van der Waals surface area contributed by atoms with Crippen LogP contribution >= 0.6 is 11.6 Å². The van der Waals surface area contributed by atoms with Crippen molar-refractivity contribution < 1.29 is 21.9 Å². The molecule has 0 saturated heterocycles. The molecule has 4 nitrogen and oxygen atoms in total. The van der Waals surface area contributed by atoms with Gasteiger partial charge in [0.1, 0.15) is 17.2 Å². The van der Waals surface area contributed by atoms with E-state index in [0.717, 1.165) is 12.1 Å². The van der Waals surface area contributed by atoms with E-state index in [1.807, 2.05) is 0 Å². The molecule has 0 fully saturated rings. The fourth-order valence-corrected chi connectivity index (χ4v) is 3.72. The summed E-state index contributed by atoms with van der Waals surface area (Å²) >= 11 is 5.97. The molecule has 0 saturated carbocycles. The van der Waals surface area contributed by atoms with E-state index in [4.69, 9.17) is 16.3 Å². The summed E-state index contributed by atoms with van der Waals surface area (Å²) in [5.74, 6) is -2.20. The van der Waals surface area contributed by atoms with Crippen LogP contribution in [0.25, 0.3) is 0 Å². The first-order valence-corrected chi connectivity index (χ1v) is 9.40. The van der Waals surface area contributed by atoms with E-state index in [1.165, 1.54) is 7.11 Å². The predicted molar refractivity (Wildman–Crippen MR) is 92.8 cm³/mol. The predicted octanol–water partition coefficient (Wildman–Crippen LogP) is 3.60. The highest BCUT2D eigenvalue weighted by Crippen LogP contribution is 2.26. The highest BCUT2D eigenvalue weighted by Gasteiger charge is 2.28. The number of methoxy groups -OCH3 is 1. The molecular formula is C17H18ClF2NO3S. The number of benzene rings is 2. The molecule has 0 amide bonds. The van der Waals surface area contributed by atoms with Crippen molar-refractivity contribution in [2.24, 2.45) is 0 Å². The summed E-state index contributed by atoms with van der Waals surface area (Å²) in [5, 5.41) is 0.499. The topological polar surface area (TPSA) is 55.4 Å². The van der Waals surface area contributed by atoms with E-state index in [2.05, 4.69) is 4.72 Å². The van der Waals surface area contributed by atoms with Crippen LogP contribution in [0, 0.1) is 11.6 Å². The Morgan fingerprint density at radius 2 is 1.80 bits per heavy atom. The smallest absolute Gasteiger partial charge is 0.215 e. The molecule has 0 aliphatic rings. The number of ether oxygens (including phenoxy) is 1. The van der Waals surface area contributed by atoms with Gasteiger partial charge < -0.3 is 4.74 Å². The van der Waals surface area contributed by atoms with E-state index in [0.29, 0.717) is 16.7 Å². The number of halogens is 3. The Labute approximate surface area is 150 Å². The number of hydrogen-bond acceptors (Lipinski definition) is 3. The second kappa shape index (κ2) is 7.78. The van der Waals surface area contributed by atoms with Crippen LogP contribution in [-0.2, 0) is 26.1 Å². The van der Waals surface area contributed by atoms with Crippen molar-refractivity contribution in [2.45, 2.75) is 18.3 Å². The molecule has 2 rings (SSSR count). The molecule has 1 unspecified atom stereocenters. The van der Waals surface area contributed by atoms with Gasteiger partial charge in [-0.05, 0) is 42.3 Å². The molecule has 25 heavy (non-hydrogen) atoms. The van der Waals surface area contributed by atoms with Gasteiger partial charge in [-0.1, -0.05) is 23.7 Å². The van der Waals surface area contributed by atoms with Gasteiger partial charge in [0, 0.05) is 24.7 Å². The average Bonchev–Trinajstić information content (AvgIpc) is 2.51. The number of nitrogens with one attached hydrogen (secondary N) is 1. The highest BCUT2D eigenvalue weighted by molar-refractivity contribution is 7.88. The Hall–Kier alpha value is -1.54. The van der Waals surface area contributed by atoms with E-state index in [1.54, 1.807) is 31.2 Å². The monoisotopic (exact) mass is 389 g/mol. The maximum Gasteiger partial charge on any atom is 0.215 e. The molecule has 1 atom stereocenters. The number of hydrogen-bond donors (Lipinski definition) is 1. The van der Waals surface area contributed by atoms with Crippen LogP contribution < -0.4 is 4.72 Å². The lowest BCUT2D eigenvalue weighted by Gasteiger charge is -2.29. The minimum atomic E-state index is -3.83. The van der Waals surface area contributed by atoms with Crippen molar-refractivity contribution in [3.05, 3.63) is 70.2 Å². The average molecular weight is 390 g/mol. The molecule has 0 heterocycles. The molecule has 0 spiro atoms. The van der Waals surface area contributed by atoms with E-state index < -0.39 is 33.0 Å². The molecule has 0 aliphatic carbocycles. The molecular weight excluding hydrogens is 372 g/mol. The minimum Gasteiger partial charge on any atom is -0.372 e. The fraction of sp³-hybridized carbons (Fsp3) is 0.294. The van der Waals surface area contributed by atoms with Crippen LogP contribution in [0.2, 0.25) is 5.02 Å². The van der Waals surface area contributed by atoms with Crippen LogP contribution in [-0.4, -0.2) is 22.1 Å². The van der Waals surface area contributed by atoms with Gasteiger partial charge in [-0.25, -0.2) is 21.9 Å². The zero-order valence-electron chi connectivity index (χ0n) is 13.7. The van der Waals surface area contributed by atoms with Crippen molar-refractivity contribution in [3.8, 4) is 0 Å². The fourth-order valence-electron chi connectivity index (χ4n) is 2.32. The molecule has 8 heteroatoms. The summed E-state index contributed by atoms with van der Waals surface area (Å²) in [4.78, 5) is 0. The van der Waals surface area contributed by atoms with Gasteiger partial charge in [0.2, 0.25) is 10.0 Å². The van der Waals surface area contributed by atoms with Crippen LogP contribution in [0.1, 0.15) is 18.1 Å². The third kappa shape index (κ3) is 5.47. The maximum atomic E-state index is 13.2. The Morgan fingerprint density at radius 3 is 2.36 bits per heavy atom. The Balaban J connectivity index is 2.14. The van der Waals surface area contributed by atoms with Crippen LogP contribution in [0.15, 0.2) is 42.5 Å². The molecule has 0 aliphatic heterocycles. The van der Waals surface area contributed by atoms with Gasteiger partial charge in [0.15, 0.2) is 0 Å². The molecule has 0 radical (unpaired) electrons. The minimum absolute atomic E-state index is 0.0203. The SMILES string of the molecule is COC(C)(CNS(=O)(=O)Cc1cc(F)cc(F)c1)c1cccc(Cl)c1.